The Kier molecular flexibility index (Phi) is 9.29. The summed E-state index contributed by atoms with van der Waals surface area (Å²) in [6.07, 6.45) is 2.27. The van der Waals surface area contributed by atoms with Crippen LogP contribution in [-0.4, -0.2) is 83.6 Å². The third kappa shape index (κ3) is 9.70. The standard InChI is InChI=1S/C17H37N5O3S/c1-14(2)11-15(22-7-9-25-10-8-22)12-19-16(18-5)20-13-17(3,4)21-26(6,23)24/h14-15,21H,7-13H2,1-6H3,(H2,18,19,20). The number of morpholine rings is 1. The van der Waals surface area contributed by atoms with E-state index < -0.39 is 15.6 Å². The number of nitrogens with one attached hydrogen (secondary N) is 3. The van der Waals surface area contributed by atoms with Crippen molar-refractivity contribution in [2.75, 3.05) is 52.7 Å². The molecule has 0 aromatic heterocycles. The van der Waals surface area contributed by atoms with Crippen LogP contribution in [0.5, 0.6) is 0 Å². The van der Waals surface area contributed by atoms with Crippen LogP contribution in [0.15, 0.2) is 4.99 Å². The molecule has 0 saturated carbocycles. The Hall–Kier alpha value is -0.900. The molecule has 1 unspecified atom stereocenters. The highest BCUT2D eigenvalue weighted by Gasteiger charge is 2.24. The second kappa shape index (κ2) is 10.4. The fourth-order valence-electron chi connectivity index (χ4n) is 3.13. The maximum absolute atomic E-state index is 11.5. The first-order valence-corrected chi connectivity index (χ1v) is 11.2. The summed E-state index contributed by atoms with van der Waals surface area (Å²) in [6.45, 7) is 12.9. The lowest BCUT2D eigenvalue weighted by Crippen LogP contribution is -2.55. The van der Waals surface area contributed by atoms with Gasteiger partial charge in [0.15, 0.2) is 5.96 Å². The van der Waals surface area contributed by atoms with E-state index in [9.17, 15) is 8.42 Å². The third-order valence-corrected chi connectivity index (χ3v) is 5.12. The van der Waals surface area contributed by atoms with Crippen molar-refractivity contribution in [1.29, 1.82) is 0 Å². The molecule has 0 radical (unpaired) electrons. The first kappa shape index (κ1) is 23.1. The molecule has 26 heavy (non-hydrogen) atoms. The van der Waals surface area contributed by atoms with E-state index in [0.29, 0.717) is 24.5 Å². The topological polar surface area (TPSA) is 95.1 Å². The summed E-state index contributed by atoms with van der Waals surface area (Å²) in [5, 5.41) is 6.60. The van der Waals surface area contributed by atoms with E-state index in [1.54, 1.807) is 7.05 Å². The molecule has 8 nitrogen and oxygen atoms in total. The van der Waals surface area contributed by atoms with Crippen molar-refractivity contribution < 1.29 is 13.2 Å². The van der Waals surface area contributed by atoms with Crippen molar-refractivity contribution in [3.8, 4) is 0 Å². The average Bonchev–Trinajstić information content (AvgIpc) is 2.52. The van der Waals surface area contributed by atoms with Crippen LogP contribution in [0.4, 0.5) is 0 Å². The molecule has 1 aliphatic rings. The van der Waals surface area contributed by atoms with Crippen LogP contribution >= 0.6 is 0 Å². The van der Waals surface area contributed by atoms with Gasteiger partial charge in [-0.1, -0.05) is 13.8 Å². The van der Waals surface area contributed by atoms with Crippen molar-refractivity contribution >= 4 is 16.0 Å². The molecular formula is C17H37N5O3S. The first-order valence-electron chi connectivity index (χ1n) is 9.27. The normalized spacial score (nSPS) is 18.8. The first-order chi connectivity index (χ1) is 12.0. The molecule has 0 aliphatic carbocycles. The largest absolute Gasteiger partial charge is 0.379 e. The van der Waals surface area contributed by atoms with Crippen molar-refractivity contribution in [3.63, 3.8) is 0 Å². The van der Waals surface area contributed by atoms with Gasteiger partial charge in [0.25, 0.3) is 0 Å². The summed E-state index contributed by atoms with van der Waals surface area (Å²) in [5.41, 5.74) is -0.604. The number of ether oxygens (including phenoxy) is 1. The van der Waals surface area contributed by atoms with Crippen LogP contribution in [0.3, 0.4) is 0 Å². The Balaban J connectivity index is 2.56. The van der Waals surface area contributed by atoms with Crippen molar-refractivity contribution in [1.82, 2.24) is 20.3 Å². The van der Waals surface area contributed by atoms with Crippen molar-refractivity contribution in [3.05, 3.63) is 0 Å². The SMILES string of the molecule is CN=C(NCC(CC(C)C)N1CCOCC1)NCC(C)(C)NS(C)(=O)=O. The lowest BCUT2D eigenvalue weighted by atomic mass is 10.0. The highest BCUT2D eigenvalue weighted by Crippen LogP contribution is 2.13. The van der Waals surface area contributed by atoms with Gasteiger partial charge in [-0.3, -0.25) is 9.89 Å². The molecule has 1 atom stereocenters. The van der Waals surface area contributed by atoms with E-state index in [1.165, 1.54) is 6.26 Å². The molecule has 0 amide bonds. The molecule has 1 fully saturated rings. The van der Waals surface area contributed by atoms with Crippen LogP contribution in [0, 0.1) is 5.92 Å². The molecule has 0 bridgehead atoms. The highest BCUT2D eigenvalue weighted by atomic mass is 32.2. The second-order valence-electron chi connectivity index (χ2n) is 8.00. The van der Waals surface area contributed by atoms with Gasteiger partial charge in [-0.25, -0.2) is 13.1 Å². The predicted octanol–water partition coefficient (Wildman–Crippen LogP) is 0.226. The van der Waals surface area contributed by atoms with E-state index >= 15 is 0 Å². The monoisotopic (exact) mass is 391 g/mol. The lowest BCUT2D eigenvalue weighted by molar-refractivity contribution is 0.0132. The number of sulfonamides is 1. The van der Waals surface area contributed by atoms with E-state index in [4.69, 9.17) is 4.74 Å². The molecule has 0 spiro atoms. The van der Waals surface area contributed by atoms with Gasteiger partial charge in [-0.15, -0.1) is 0 Å². The third-order valence-electron chi connectivity index (χ3n) is 4.19. The molecule has 0 aromatic rings. The minimum atomic E-state index is -3.26. The van der Waals surface area contributed by atoms with Gasteiger partial charge in [-0.05, 0) is 26.2 Å². The van der Waals surface area contributed by atoms with Gasteiger partial charge in [-0.2, -0.15) is 0 Å². The lowest BCUT2D eigenvalue weighted by Gasteiger charge is -2.36. The zero-order chi connectivity index (χ0) is 19.8. The van der Waals surface area contributed by atoms with Crippen molar-refractivity contribution in [2.24, 2.45) is 10.9 Å². The Morgan fingerprint density at radius 2 is 1.85 bits per heavy atom. The molecule has 3 N–H and O–H groups in total. The molecular weight excluding hydrogens is 354 g/mol. The number of aliphatic imine (C=N–C) groups is 1. The summed E-state index contributed by atoms with van der Waals surface area (Å²) in [7, 11) is -1.54. The van der Waals surface area contributed by atoms with Gasteiger partial charge < -0.3 is 15.4 Å². The van der Waals surface area contributed by atoms with Gasteiger partial charge in [0.05, 0.1) is 19.5 Å². The molecule has 1 rings (SSSR count). The molecule has 1 saturated heterocycles. The highest BCUT2D eigenvalue weighted by molar-refractivity contribution is 7.88. The minimum Gasteiger partial charge on any atom is -0.379 e. The van der Waals surface area contributed by atoms with Crippen LogP contribution < -0.4 is 15.4 Å². The van der Waals surface area contributed by atoms with Gasteiger partial charge in [0.2, 0.25) is 10.0 Å². The van der Waals surface area contributed by atoms with E-state index in [1.807, 2.05) is 13.8 Å². The quantitative estimate of drug-likeness (QED) is 0.385. The number of hydrogen-bond donors (Lipinski definition) is 3. The van der Waals surface area contributed by atoms with Gasteiger partial charge in [0, 0.05) is 44.8 Å². The molecule has 9 heteroatoms. The maximum Gasteiger partial charge on any atom is 0.209 e. The summed E-state index contributed by atoms with van der Waals surface area (Å²) < 4.78 is 31.0. The Morgan fingerprint density at radius 3 is 2.35 bits per heavy atom. The van der Waals surface area contributed by atoms with Crippen molar-refractivity contribution in [2.45, 2.75) is 45.7 Å². The molecule has 154 valence electrons. The minimum absolute atomic E-state index is 0.416. The van der Waals surface area contributed by atoms with Gasteiger partial charge in [0.1, 0.15) is 0 Å². The zero-order valence-corrected chi connectivity index (χ0v) is 17.9. The van der Waals surface area contributed by atoms with E-state index in [2.05, 4.69) is 39.1 Å². The Morgan fingerprint density at radius 1 is 1.23 bits per heavy atom. The molecule has 1 heterocycles. The van der Waals surface area contributed by atoms with Crippen LogP contribution in [0.25, 0.3) is 0 Å². The van der Waals surface area contributed by atoms with Crippen LogP contribution in [0.2, 0.25) is 0 Å². The number of nitrogens with zero attached hydrogens (tertiary/aromatic N) is 2. The smallest absolute Gasteiger partial charge is 0.209 e. The molecule has 1 aliphatic heterocycles. The van der Waals surface area contributed by atoms with E-state index in [0.717, 1.165) is 39.3 Å². The summed E-state index contributed by atoms with van der Waals surface area (Å²) in [4.78, 5) is 6.73. The summed E-state index contributed by atoms with van der Waals surface area (Å²) >= 11 is 0. The summed E-state index contributed by atoms with van der Waals surface area (Å²) in [6, 6.07) is 0.416. The predicted molar refractivity (Wildman–Crippen MR) is 107 cm³/mol. The fourth-order valence-corrected chi connectivity index (χ4v) is 4.20. The van der Waals surface area contributed by atoms with Crippen LogP contribution in [0.1, 0.15) is 34.1 Å². The number of rotatable bonds is 9. The Labute approximate surface area is 159 Å². The average molecular weight is 392 g/mol. The Bertz CT molecular complexity index is 543. The van der Waals surface area contributed by atoms with Gasteiger partial charge >= 0.3 is 0 Å². The maximum atomic E-state index is 11.5. The van der Waals surface area contributed by atoms with E-state index in [-0.39, 0.29) is 0 Å². The van der Waals surface area contributed by atoms with Crippen LogP contribution in [-0.2, 0) is 14.8 Å². The molecule has 0 aromatic carbocycles. The number of hydrogen-bond acceptors (Lipinski definition) is 5. The zero-order valence-electron chi connectivity index (χ0n) is 17.1. The second-order valence-corrected chi connectivity index (χ2v) is 9.74. The fraction of sp³-hybridized carbons (Fsp3) is 0.941. The number of guanidine groups is 1. The summed E-state index contributed by atoms with van der Waals surface area (Å²) in [5.74, 6) is 1.29.